The fraction of sp³-hybridized carbons (Fsp3) is 0.353. The van der Waals surface area contributed by atoms with Crippen molar-refractivity contribution in [2.75, 3.05) is 24.5 Å². The van der Waals surface area contributed by atoms with E-state index < -0.39 is 0 Å². The molecule has 0 unspecified atom stereocenters. The van der Waals surface area contributed by atoms with E-state index in [9.17, 15) is 4.79 Å². The van der Waals surface area contributed by atoms with Crippen LogP contribution in [-0.2, 0) is 0 Å². The van der Waals surface area contributed by atoms with Gasteiger partial charge in [0.05, 0.1) is 0 Å². The Morgan fingerprint density at radius 1 is 1.41 bits per heavy atom. The van der Waals surface area contributed by atoms with Gasteiger partial charge in [-0.3, -0.25) is 4.79 Å². The highest BCUT2D eigenvalue weighted by atomic mass is 79.9. The van der Waals surface area contributed by atoms with E-state index in [-0.39, 0.29) is 5.91 Å². The lowest BCUT2D eigenvalue weighted by molar-refractivity contribution is 0.0918. The highest BCUT2D eigenvalue weighted by Gasteiger charge is 2.24. The minimum Gasteiger partial charge on any atom is -0.444 e. The molecule has 22 heavy (non-hydrogen) atoms. The predicted molar refractivity (Wildman–Crippen MR) is 90.2 cm³/mol. The zero-order valence-corrected chi connectivity index (χ0v) is 14.1. The molecule has 1 aliphatic heterocycles. The summed E-state index contributed by atoms with van der Waals surface area (Å²) < 4.78 is 5.97. The first kappa shape index (κ1) is 15.2. The van der Waals surface area contributed by atoms with Gasteiger partial charge in [0.15, 0.2) is 10.4 Å². The van der Waals surface area contributed by atoms with Gasteiger partial charge in [-0.05, 0) is 53.4 Å². The van der Waals surface area contributed by atoms with Crippen molar-refractivity contribution in [1.29, 1.82) is 0 Å². The van der Waals surface area contributed by atoms with Gasteiger partial charge in [-0.1, -0.05) is 18.2 Å². The highest BCUT2D eigenvalue weighted by molar-refractivity contribution is 9.10. The van der Waals surface area contributed by atoms with Crippen LogP contribution in [0.25, 0.3) is 0 Å². The van der Waals surface area contributed by atoms with Crippen molar-refractivity contribution in [2.24, 2.45) is 5.92 Å². The first-order valence-electron chi connectivity index (χ1n) is 7.47. The number of nitrogens with zero attached hydrogens (tertiary/aromatic N) is 1. The highest BCUT2D eigenvalue weighted by Crippen LogP contribution is 2.23. The van der Waals surface area contributed by atoms with E-state index in [0.717, 1.165) is 25.1 Å². The van der Waals surface area contributed by atoms with Crippen LogP contribution in [0.3, 0.4) is 0 Å². The van der Waals surface area contributed by atoms with Gasteiger partial charge in [0.25, 0.3) is 5.91 Å². The van der Waals surface area contributed by atoms with Crippen molar-refractivity contribution in [3.8, 4) is 0 Å². The van der Waals surface area contributed by atoms with Crippen LogP contribution in [0.15, 0.2) is 45.5 Å². The molecular formula is C17H19BrN2O2. The number of anilines is 1. The molecule has 1 aromatic carbocycles. The number of hydrogen-bond donors (Lipinski definition) is 1. The Bertz CT molecular complexity index is 654. The van der Waals surface area contributed by atoms with E-state index in [2.05, 4.69) is 50.4 Å². The summed E-state index contributed by atoms with van der Waals surface area (Å²) in [6, 6.07) is 12.2. The van der Waals surface area contributed by atoms with Crippen molar-refractivity contribution in [3.63, 3.8) is 0 Å². The molecule has 0 aliphatic carbocycles. The summed E-state index contributed by atoms with van der Waals surface area (Å²) in [6.45, 7) is 4.57. The van der Waals surface area contributed by atoms with Gasteiger partial charge in [0.1, 0.15) is 0 Å². The van der Waals surface area contributed by atoms with Gasteiger partial charge in [0.2, 0.25) is 0 Å². The molecule has 5 heteroatoms. The molecule has 0 radical (unpaired) electrons. The van der Waals surface area contributed by atoms with E-state index in [0.29, 0.717) is 22.9 Å². The number of carbonyl (C=O) groups is 1. The monoisotopic (exact) mass is 362 g/mol. The molecule has 4 nitrogen and oxygen atoms in total. The molecule has 1 amide bonds. The molecule has 1 aliphatic rings. The maximum atomic E-state index is 12.1. The third kappa shape index (κ3) is 3.35. The zero-order valence-electron chi connectivity index (χ0n) is 12.5. The first-order chi connectivity index (χ1) is 10.6. The standard InChI is InChI=1S/C17H19BrN2O2/c1-12-9-15(18)22-16(12)17(21)19-10-13-7-8-20(11-13)14-5-3-2-4-6-14/h2-6,9,13H,7-8,10-11H2,1H3,(H,19,21)/t13-/m1/s1. The summed E-state index contributed by atoms with van der Waals surface area (Å²) in [5.74, 6) is 0.731. The smallest absolute Gasteiger partial charge is 0.287 e. The van der Waals surface area contributed by atoms with Crippen LogP contribution in [-0.4, -0.2) is 25.5 Å². The van der Waals surface area contributed by atoms with E-state index in [4.69, 9.17) is 4.42 Å². The number of hydrogen-bond acceptors (Lipinski definition) is 3. The maximum absolute atomic E-state index is 12.1. The second kappa shape index (κ2) is 6.57. The van der Waals surface area contributed by atoms with Gasteiger partial charge in [-0.15, -0.1) is 0 Å². The second-order valence-corrected chi connectivity index (χ2v) is 6.49. The van der Waals surface area contributed by atoms with Crippen LogP contribution in [0.4, 0.5) is 5.69 Å². The summed E-state index contributed by atoms with van der Waals surface area (Å²) >= 11 is 3.25. The second-order valence-electron chi connectivity index (χ2n) is 5.71. The zero-order chi connectivity index (χ0) is 15.5. The molecule has 1 N–H and O–H groups in total. The lowest BCUT2D eigenvalue weighted by Gasteiger charge is -2.18. The molecule has 1 aromatic heterocycles. The van der Waals surface area contributed by atoms with Crippen molar-refractivity contribution in [3.05, 3.63) is 52.4 Å². The van der Waals surface area contributed by atoms with Crippen LogP contribution in [0.5, 0.6) is 0 Å². The third-order valence-electron chi connectivity index (χ3n) is 4.05. The maximum Gasteiger partial charge on any atom is 0.287 e. The molecule has 3 rings (SSSR count). The molecule has 0 saturated carbocycles. The molecule has 2 aromatic rings. The minimum atomic E-state index is -0.138. The summed E-state index contributed by atoms with van der Waals surface area (Å²) in [7, 11) is 0. The number of carbonyl (C=O) groups excluding carboxylic acids is 1. The van der Waals surface area contributed by atoms with Crippen molar-refractivity contribution < 1.29 is 9.21 Å². The van der Waals surface area contributed by atoms with Crippen LogP contribution in [0, 0.1) is 12.8 Å². The van der Waals surface area contributed by atoms with E-state index in [1.165, 1.54) is 5.69 Å². The number of nitrogens with one attached hydrogen (secondary N) is 1. The number of para-hydroxylation sites is 1. The number of amides is 1. The largest absolute Gasteiger partial charge is 0.444 e. The summed E-state index contributed by atoms with van der Waals surface area (Å²) in [5, 5.41) is 2.99. The summed E-state index contributed by atoms with van der Waals surface area (Å²) in [5.41, 5.74) is 2.10. The normalized spacial score (nSPS) is 17.7. The Balaban J connectivity index is 1.53. The fourth-order valence-corrected chi connectivity index (χ4v) is 3.36. The van der Waals surface area contributed by atoms with Gasteiger partial charge in [-0.25, -0.2) is 0 Å². The third-order valence-corrected chi connectivity index (χ3v) is 4.44. The van der Waals surface area contributed by atoms with E-state index in [1.54, 1.807) is 0 Å². The topological polar surface area (TPSA) is 45.5 Å². The average Bonchev–Trinajstić information content (AvgIpc) is 3.12. The Labute approximate surface area is 138 Å². The van der Waals surface area contributed by atoms with Gasteiger partial charge >= 0.3 is 0 Å². The Morgan fingerprint density at radius 3 is 2.86 bits per heavy atom. The predicted octanol–water partition coefficient (Wildman–Crippen LogP) is 3.61. The number of benzene rings is 1. The lowest BCUT2D eigenvalue weighted by Crippen LogP contribution is -2.31. The molecular weight excluding hydrogens is 344 g/mol. The Morgan fingerprint density at radius 2 is 2.18 bits per heavy atom. The number of aryl methyl sites for hydroxylation is 1. The van der Waals surface area contributed by atoms with Crippen molar-refractivity contribution >= 4 is 27.5 Å². The average molecular weight is 363 g/mol. The minimum absolute atomic E-state index is 0.138. The van der Waals surface area contributed by atoms with Crippen LogP contribution < -0.4 is 10.2 Å². The summed E-state index contributed by atoms with van der Waals surface area (Å²) in [4.78, 5) is 14.5. The van der Waals surface area contributed by atoms with E-state index >= 15 is 0 Å². The number of halogens is 1. The van der Waals surface area contributed by atoms with Gasteiger partial charge in [0, 0.05) is 30.9 Å². The lowest BCUT2D eigenvalue weighted by atomic mass is 10.1. The van der Waals surface area contributed by atoms with Gasteiger partial charge in [-0.2, -0.15) is 0 Å². The van der Waals surface area contributed by atoms with Crippen LogP contribution in [0.1, 0.15) is 22.5 Å². The Kier molecular flexibility index (Phi) is 4.52. The van der Waals surface area contributed by atoms with Crippen molar-refractivity contribution in [2.45, 2.75) is 13.3 Å². The summed E-state index contributed by atoms with van der Waals surface area (Å²) in [6.07, 6.45) is 1.09. The molecule has 116 valence electrons. The van der Waals surface area contributed by atoms with E-state index in [1.807, 2.05) is 19.1 Å². The molecule has 0 bridgehead atoms. The quantitative estimate of drug-likeness (QED) is 0.903. The molecule has 2 heterocycles. The van der Waals surface area contributed by atoms with Crippen LogP contribution >= 0.6 is 15.9 Å². The number of rotatable bonds is 4. The van der Waals surface area contributed by atoms with Gasteiger partial charge < -0.3 is 14.6 Å². The fourth-order valence-electron chi connectivity index (χ4n) is 2.86. The SMILES string of the molecule is Cc1cc(Br)oc1C(=O)NC[C@H]1CCN(c2ccccc2)C1. The Hall–Kier alpha value is -1.75. The van der Waals surface area contributed by atoms with Crippen LogP contribution in [0.2, 0.25) is 0 Å². The molecule has 1 saturated heterocycles. The first-order valence-corrected chi connectivity index (χ1v) is 8.27. The molecule has 1 atom stereocenters. The number of furan rings is 1. The molecule has 1 fully saturated rings. The molecule has 0 spiro atoms. The van der Waals surface area contributed by atoms with Crippen molar-refractivity contribution in [1.82, 2.24) is 5.32 Å².